The lowest BCUT2D eigenvalue weighted by atomic mass is 10.2. The highest BCUT2D eigenvalue weighted by Crippen LogP contribution is 2.27. The van der Waals surface area contributed by atoms with Crippen molar-refractivity contribution < 1.29 is 9.84 Å². The third kappa shape index (κ3) is 2.06. The van der Waals surface area contributed by atoms with Gasteiger partial charge in [-0.25, -0.2) is 4.79 Å². The topological polar surface area (TPSA) is 90.4 Å². The van der Waals surface area contributed by atoms with Crippen LogP contribution in [0, 0.1) is 0 Å². The zero-order valence-electron chi connectivity index (χ0n) is 8.48. The van der Waals surface area contributed by atoms with Crippen LogP contribution in [0.3, 0.4) is 0 Å². The van der Waals surface area contributed by atoms with Crippen molar-refractivity contribution in [1.29, 1.82) is 0 Å². The highest BCUT2D eigenvalue weighted by molar-refractivity contribution is 7.80. The lowest BCUT2D eigenvalue weighted by molar-refractivity contribution is -0.00728. The van der Waals surface area contributed by atoms with E-state index in [-0.39, 0.29) is 11.9 Å². The first-order chi connectivity index (χ1) is 7.61. The van der Waals surface area contributed by atoms with Crippen LogP contribution in [0.25, 0.3) is 0 Å². The molecule has 88 valence electrons. The molecule has 0 aliphatic carbocycles. The molecule has 3 N–H and O–H groups in total. The number of nitrogens with two attached hydrogens (primary N) is 1. The number of hydrogen-bond acceptors (Lipinski definition) is 6. The van der Waals surface area contributed by atoms with Crippen molar-refractivity contribution >= 4 is 18.4 Å². The molecular formula is C9H13N3O3S. The highest BCUT2D eigenvalue weighted by atomic mass is 32.1. The third-order valence-electron chi connectivity index (χ3n) is 2.55. The largest absolute Gasteiger partial charge is 0.390 e. The average molecular weight is 243 g/mol. The molecule has 1 aliphatic rings. The summed E-state index contributed by atoms with van der Waals surface area (Å²) in [7, 11) is 0. The molecule has 1 aromatic heterocycles. The molecule has 1 fully saturated rings. The number of nitrogen functional groups attached to an aromatic ring is 1. The third-order valence-corrected chi connectivity index (χ3v) is 2.91. The molecule has 1 saturated heterocycles. The summed E-state index contributed by atoms with van der Waals surface area (Å²) in [4.78, 5) is 15.1. The van der Waals surface area contributed by atoms with E-state index in [2.05, 4.69) is 17.6 Å². The molecule has 1 aromatic rings. The van der Waals surface area contributed by atoms with Crippen LogP contribution in [0.4, 0.5) is 5.82 Å². The smallest absolute Gasteiger partial charge is 0.351 e. The molecule has 0 amide bonds. The van der Waals surface area contributed by atoms with Gasteiger partial charge in [-0.1, -0.05) is 0 Å². The Morgan fingerprint density at radius 1 is 1.75 bits per heavy atom. The second-order valence-electron chi connectivity index (χ2n) is 3.66. The van der Waals surface area contributed by atoms with Crippen LogP contribution in [-0.4, -0.2) is 32.6 Å². The molecule has 3 unspecified atom stereocenters. The minimum absolute atomic E-state index is 0.172. The predicted octanol–water partition coefficient (Wildman–Crippen LogP) is -0.596. The fourth-order valence-corrected chi connectivity index (χ4v) is 2.02. The van der Waals surface area contributed by atoms with Crippen LogP contribution >= 0.6 is 12.6 Å². The minimum atomic E-state index is -0.605. The summed E-state index contributed by atoms with van der Waals surface area (Å²) in [6.45, 7) is 0. The van der Waals surface area contributed by atoms with Gasteiger partial charge in [0.1, 0.15) is 12.0 Å². The Labute approximate surface area is 97.5 Å². The van der Waals surface area contributed by atoms with Gasteiger partial charge >= 0.3 is 5.69 Å². The molecular weight excluding hydrogens is 230 g/mol. The maximum Gasteiger partial charge on any atom is 0.351 e. The van der Waals surface area contributed by atoms with Crippen LogP contribution in [0.15, 0.2) is 17.1 Å². The Kier molecular flexibility index (Phi) is 3.17. The van der Waals surface area contributed by atoms with E-state index in [4.69, 9.17) is 10.5 Å². The van der Waals surface area contributed by atoms with Gasteiger partial charge in [0, 0.05) is 18.4 Å². The number of anilines is 1. The lowest BCUT2D eigenvalue weighted by Crippen LogP contribution is -2.27. The number of aliphatic hydroxyl groups excluding tert-OH is 1. The first-order valence-electron chi connectivity index (χ1n) is 4.91. The molecule has 2 rings (SSSR count). The number of thiol groups is 1. The second kappa shape index (κ2) is 4.44. The van der Waals surface area contributed by atoms with Crippen molar-refractivity contribution in [2.45, 2.75) is 24.9 Å². The number of hydrogen-bond donors (Lipinski definition) is 3. The molecule has 7 heteroatoms. The molecule has 0 bridgehead atoms. The van der Waals surface area contributed by atoms with Crippen LogP contribution in [0.2, 0.25) is 0 Å². The SMILES string of the molecule is Nc1ccn(C2CC(O)C(CS)O2)c(=O)n1. The molecule has 0 spiro atoms. The maximum atomic E-state index is 11.5. The highest BCUT2D eigenvalue weighted by Gasteiger charge is 2.34. The van der Waals surface area contributed by atoms with E-state index in [0.717, 1.165) is 0 Å². The molecule has 0 radical (unpaired) electrons. The molecule has 3 atom stereocenters. The maximum absolute atomic E-state index is 11.5. The minimum Gasteiger partial charge on any atom is -0.390 e. The Morgan fingerprint density at radius 3 is 3.06 bits per heavy atom. The van der Waals surface area contributed by atoms with Crippen LogP contribution in [0.5, 0.6) is 0 Å². The van der Waals surface area contributed by atoms with E-state index in [9.17, 15) is 9.90 Å². The van der Waals surface area contributed by atoms with Gasteiger partial charge in [-0.05, 0) is 6.07 Å². The monoisotopic (exact) mass is 243 g/mol. The van der Waals surface area contributed by atoms with Gasteiger partial charge in [0.05, 0.1) is 12.2 Å². The fraction of sp³-hybridized carbons (Fsp3) is 0.556. The van der Waals surface area contributed by atoms with E-state index in [1.54, 1.807) is 0 Å². The van der Waals surface area contributed by atoms with Gasteiger partial charge in [0.15, 0.2) is 0 Å². The van der Waals surface area contributed by atoms with E-state index < -0.39 is 18.0 Å². The van der Waals surface area contributed by atoms with Crippen molar-refractivity contribution in [3.8, 4) is 0 Å². The molecule has 2 heterocycles. The van der Waals surface area contributed by atoms with Crippen molar-refractivity contribution in [2.75, 3.05) is 11.5 Å². The average Bonchev–Trinajstić information content (AvgIpc) is 2.59. The molecule has 16 heavy (non-hydrogen) atoms. The van der Waals surface area contributed by atoms with Gasteiger partial charge < -0.3 is 15.6 Å². The number of rotatable bonds is 2. The Morgan fingerprint density at radius 2 is 2.50 bits per heavy atom. The van der Waals surface area contributed by atoms with Gasteiger partial charge in [0.2, 0.25) is 0 Å². The number of ether oxygens (including phenoxy) is 1. The van der Waals surface area contributed by atoms with Gasteiger partial charge in [0.25, 0.3) is 0 Å². The summed E-state index contributed by atoms with van der Waals surface area (Å²) >= 11 is 4.06. The standard InChI is InChI=1S/C9H13N3O3S/c10-7-1-2-12(9(14)11-7)8-3-5(13)6(4-16)15-8/h1-2,5-6,8,13,16H,3-4H2,(H2,10,11,14). The van der Waals surface area contributed by atoms with Crippen molar-refractivity contribution in [1.82, 2.24) is 9.55 Å². The van der Waals surface area contributed by atoms with Crippen molar-refractivity contribution in [3.63, 3.8) is 0 Å². The second-order valence-corrected chi connectivity index (χ2v) is 4.02. The van der Waals surface area contributed by atoms with E-state index in [0.29, 0.717) is 12.2 Å². The number of nitrogens with zero attached hydrogens (tertiary/aromatic N) is 2. The zero-order valence-corrected chi connectivity index (χ0v) is 9.38. The summed E-state index contributed by atoms with van der Waals surface area (Å²) in [5, 5.41) is 9.63. The van der Waals surface area contributed by atoms with Crippen LogP contribution in [-0.2, 0) is 4.74 Å². The fourth-order valence-electron chi connectivity index (χ4n) is 1.70. The van der Waals surface area contributed by atoms with E-state index in [1.807, 2.05) is 0 Å². The van der Waals surface area contributed by atoms with Crippen LogP contribution in [0.1, 0.15) is 12.6 Å². The number of aromatic nitrogens is 2. The summed E-state index contributed by atoms with van der Waals surface area (Å²) in [5.41, 5.74) is 4.91. The summed E-state index contributed by atoms with van der Waals surface area (Å²) < 4.78 is 6.81. The molecule has 0 saturated carbocycles. The first-order valence-corrected chi connectivity index (χ1v) is 5.54. The Hall–Kier alpha value is -1.05. The molecule has 1 aliphatic heterocycles. The van der Waals surface area contributed by atoms with Gasteiger partial charge in [-0.2, -0.15) is 17.6 Å². The molecule has 0 aromatic carbocycles. The van der Waals surface area contributed by atoms with Crippen LogP contribution < -0.4 is 11.4 Å². The van der Waals surface area contributed by atoms with Gasteiger partial charge in [-0.3, -0.25) is 4.57 Å². The quantitative estimate of drug-likeness (QED) is 0.604. The summed E-state index contributed by atoms with van der Waals surface area (Å²) in [6, 6.07) is 1.52. The van der Waals surface area contributed by atoms with Crippen molar-refractivity contribution in [3.05, 3.63) is 22.7 Å². The van der Waals surface area contributed by atoms with Crippen molar-refractivity contribution in [2.24, 2.45) is 0 Å². The lowest BCUT2D eigenvalue weighted by Gasteiger charge is -2.14. The van der Waals surface area contributed by atoms with E-state index >= 15 is 0 Å². The summed E-state index contributed by atoms with van der Waals surface area (Å²) in [5.74, 6) is 0.583. The summed E-state index contributed by atoms with van der Waals surface area (Å²) in [6.07, 6.45) is 0.428. The first kappa shape index (κ1) is 11.4. The Bertz CT molecular complexity index is 436. The normalized spacial score (nSPS) is 29.5. The zero-order chi connectivity index (χ0) is 11.7. The molecule has 6 nitrogen and oxygen atoms in total. The number of aliphatic hydroxyl groups is 1. The van der Waals surface area contributed by atoms with Gasteiger partial charge in [-0.15, -0.1) is 0 Å². The predicted molar refractivity (Wildman–Crippen MR) is 61.3 cm³/mol. The Balaban J connectivity index is 2.23. The van der Waals surface area contributed by atoms with E-state index in [1.165, 1.54) is 16.8 Å².